The number of anilines is 2. The molecule has 3 aromatic rings. The van der Waals surface area contributed by atoms with Gasteiger partial charge >= 0.3 is 5.69 Å². The second kappa shape index (κ2) is 8.17. The summed E-state index contributed by atoms with van der Waals surface area (Å²) in [6.07, 6.45) is 1.52. The first-order chi connectivity index (χ1) is 13.9. The van der Waals surface area contributed by atoms with Crippen LogP contribution in [0.15, 0.2) is 44.7 Å². The summed E-state index contributed by atoms with van der Waals surface area (Å²) in [5, 5.41) is 0.546. The molecule has 3 rings (SSSR count). The van der Waals surface area contributed by atoms with Gasteiger partial charge < -0.3 is 15.6 Å². The number of unbranched alkanes of at least 4 members (excludes halogenated alkanes) is 1. The van der Waals surface area contributed by atoms with E-state index in [1.807, 2.05) is 6.92 Å². The first-order valence-corrected chi connectivity index (χ1v) is 9.45. The molecule has 4 N–H and O–H groups in total. The number of hydrogen-bond acceptors (Lipinski definition) is 5. The Hall–Kier alpha value is -3.62. The van der Waals surface area contributed by atoms with Gasteiger partial charge in [0, 0.05) is 30.1 Å². The molecule has 2 aromatic heterocycles. The topological polar surface area (TPSA) is 134 Å². The molecule has 0 radical (unpaired) electrons. The van der Waals surface area contributed by atoms with Crippen molar-refractivity contribution >= 4 is 28.3 Å². The second-order valence-corrected chi connectivity index (χ2v) is 6.64. The summed E-state index contributed by atoms with van der Waals surface area (Å²) in [6.45, 7) is 4.10. The van der Waals surface area contributed by atoms with Gasteiger partial charge in [-0.3, -0.25) is 23.9 Å². The van der Waals surface area contributed by atoms with Crippen LogP contribution in [0.1, 0.15) is 37.0 Å². The largest absolute Gasteiger partial charge is 0.383 e. The molecule has 1 amide bonds. The lowest BCUT2D eigenvalue weighted by Gasteiger charge is -2.23. The van der Waals surface area contributed by atoms with E-state index in [-0.39, 0.29) is 23.6 Å². The summed E-state index contributed by atoms with van der Waals surface area (Å²) in [5.41, 5.74) is 4.91. The maximum absolute atomic E-state index is 13.3. The monoisotopic (exact) mass is 397 g/mol. The molecule has 0 aliphatic rings. The van der Waals surface area contributed by atoms with Crippen LogP contribution in [0.3, 0.4) is 0 Å². The highest BCUT2D eigenvalue weighted by Gasteiger charge is 2.25. The van der Waals surface area contributed by atoms with Crippen LogP contribution in [0, 0.1) is 0 Å². The van der Waals surface area contributed by atoms with E-state index in [2.05, 4.69) is 9.97 Å². The fourth-order valence-electron chi connectivity index (χ4n) is 3.31. The number of aromatic nitrogens is 3. The fourth-order valence-corrected chi connectivity index (χ4v) is 3.31. The van der Waals surface area contributed by atoms with E-state index in [0.29, 0.717) is 23.9 Å². The molecule has 2 heterocycles. The smallest absolute Gasteiger partial charge is 0.330 e. The minimum Gasteiger partial charge on any atom is -0.383 e. The maximum Gasteiger partial charge on any atom is 0.330 e. The number of nitrogens with one attached hydrogen (secondary N) is 2. The van der Waals surface area contributed by atoms with E-state index in [1.165, 1.54) is 15.5 Å². The second-order valence-electron chi connectivity index (χ2n) is 6.64. The lowest BCUT2D eigenvalue weighted by Crippen LogP contribution is -2.41. The zero-order valence-electron chi connectivity index (χ0n) is 16.3. The van der Waals surface area contributed by atoms with Crippen molar-refractivity contribution in [3.63, 3.8) is 0 Å². The van der Waals surface area contributed by atoms with Crippen molar-refractivity contribution < 1.29 is 4.79 Å². The number of nitrogen functional groups attached to an aromatic ring is 1. The molecule has 9 nitrogen and oxygen atoms in total. The maximum atomic E-state index is 13.3. The highest BCUT2D eigenvalue weighted by molar-refractivity contribution is 6.14. The van der Waals surface area contributed by atoms with Gasteiger partial charge in [-0.15, -0.1) is 0 Å². The Morgan fingerprint density at radius 3 is 2.55 bits per heavy atom. The van der Waals surface area contributed by atoms with E-state index in [1.54, 1.807) is 31.2 Å². The van der Waals surface area contributed by atoms with Gasteiger partial charge in [0.2, 0.25) is 5.56 Å². The summed E-state index contributed by atoms with van der Waals surface area (Å²) in [7, 11) is 0. The number of fused-ring (bicyclic) bond motifs is 1. The number of H-pyrrole nitrogens is 2. The standard InChI is InChI=1S/C20H23N5O4/c1-3-5-10-25-17(21)16(18(27)23-20(25)29)24(4-2)19(28)13-11-15(26)22-14-9-7-6-8-12(13)14/h6-9,11H,3-5,10,21H2,1-2H3,(H,22,26)(H,23,27,29). The van der Waals surface area contributed by atoms with Gasteiger partial charge in [0.25, 0.3) is 11.5 Å². The molecule has 0 saturated heterocycles. The van der Waals surface area contributed by atoms with Crippen LogP contribution >= 0.6 is 0 Å². The number of benzene rings is 1. The highest BCUT2D eigenvalue weighted by Crippen LogP contribution is 2.22. The Balaban J connectivity index is 2.19. The predicted octanol–water partition coefficient (Wildman–Crippen LogP) is 1.43. The average Bonchev–Trinajstić information content (AvgIpc) is 2.69. The van der Waals surface area contributed by atoms with Crippen LogP contribution in [0.4, 0.5) is 11.5 Å². The van der Waals surface area contributed by atoms with Crippen molar-refractivity contribution in [2.75, 3.05) is 17.2 Å². The van der Waals surface area contributed by atoms with Gasteiger partial charge in [-0.25, -0.2) is 4.79 Å². The normalized spacial score (nSPS) is 11.0. The number of nitrogens with zero attached hydrogens (tertiary/aromatic N) is 2. The van der Waals surface area contributed by atoms with E-state index in [0.717, 1.165) is 6.42 Å². The van der Waals surface area contributed by atoms with E-state index >= 15 is 0 Å². The van der Waals surface area contributed by atoms with Crippen LogP contribution < -0.4 is 27.4 Å². The molecule has 0 atom stereocenters. The minimum absolute atomic E-state index is 0.0726. The predicted molar refractivity (Wildman–Crippen MR) is 113 cm³/mol. The quantitative estimate of drug-likeness (QED) is 0.578. The summed E-state index contributed by atoms with van der Waals surface area (Å²) in [6, 6.07) is 8.10. The van der Waals surface area contributed by atoms with Gasteiger partial charge in [0.05, 0.1) is 5.56 Å². The Morgan fingerprint density at radius 1 is 1.14 bits per heavy atom. The highest BCUT2D eigenvalue weighted by atomic mass is 16.2. The Kier molecular flexibility index (Phi) is 5.67. The van der Waals surface area contributed by atoms with Crippen molar-refractivity contribution in [2.45, 2.75) is 33.2 Å². The first-order valence-electron chi connectivity index (χ1n) is 9.45. The Labute approximate surface area is 165 Å². The number of hydrogen-bond donors (Lipinski definition) is 3. The SMILES string of the molecule is CCCCn1c(N)c(N(CC)C(=O)c2cc(=O)[nH]c3ccccc23)c(=O)[nH]c1=O. The summed E-state index contributed by atoms with van der Waals surface area (Å²) < 4.78 is 1.26. The fraction of sp³-hybridized carbons (Fsp3) is 0.300. The van der Waals surface area contributed by atoms with Gasteiger partial charge in [-0.1, -0.05) is 31.5 Å². The molecule has 0 saturated carbocycles. The van der Waals surface area contributed by atoms with Crippen molar-refractivity contribution in [3.05, 3.63) is 67.1 Å². The van der Waals surface area contributed by atoms with Crippen LogP contribution in [0.2, 0.25) is 0 Å². The molecule has 0 unspecified atom stereocenters. The van der Waals surface area contributed by atoms with E-state index < -0.39 is 22.7 Å². The van der Waals surface area contributed by atoms with E-state index in [4.69, 9.17) is 5.73 Å². The molecule has 29 heavy (non-hydrogen) atoms. The van der Waals surface area contributed by atoms with Gasteiger partial charge in [-0.2, -0.15) is 0 Å². The third kappa shape index (κ3) is 3.71. The van der Waals surface area contributed by atoms with Crippen LogP contribution in [-0.2, 0) is 6.54 Å². The Bertz CT molecular complexity index is 1240. The number of nitrogens with two attached hydrogens (primary N) is 1. The number of pyridine rings is 1. The third-order valence-corrected chi connectivity index (χ3v) is 4.76. The lowest BCUT2D eigenvalue weighted by molar-refractivity contribution is 0.0989. The number of carbonyl (C=O) groups excluding carboxylic acids is 1. The molecule has 152 valence electrons. The summed E-state index contributed by atoms with van der Waals surface area (Å²) in [4.78, 5) is 56.2. The van der Waals surface area contributed by atoms with Crippen LogP contribution in [0.25, 0.3) is 10.9 Å². The lowest BCUT2D eigenvalue weighted by atomic mass is 10.1. The number of aromatic amines is 2. The van der Waals surface area contributed by atoms with Crippen molar-refractivity contribution in [3.8, 4) is 0 Å². The van der Waals surface area contributed by atoms with Crippen molar-refractivity contribution in [1.29, 1.82) is 0 Å². The summed E-state index contributed by atoms with van der Waals surface area (Å²) >= 11 is 0. The molecule has 0 aliphatic carbocycles. The van der Waals surface area contributed by atoms with Crippen molar-refractivity contribution in [2.24, 2.45) is 0 Å². The molecule has 0 aliphatic heterocycles. The number of rotatable bonds is 6. The minimum atomic E-state index is -0.746. The number of carbonyl (C=O) groups is 1. The molecule has 0 fully saturated rings. The van der Waals surface area contributed by atoms with E-state index in [9.17, 15) is 19.2 Å². The van der Waals surface area contributed by atoms with Crippen LogP contribution in [-0.4, -0.2) is 27.0 Å². The van der Waals surface area contributed by atoms with Gasteiger partial charge in [0.15, 0.2) is 5.69 Å². The molecule has 1 aromatic carbocycles. The Morgan fingerprint density at radius 2 is 1.86 bits per heavy atom. The summed E-state index contributed by atoms with van der Waals surface area (Å²) in [5.74, 6) is -0.621. The molecule has 0 bridgehead atoms. The number of para-hydroxylation sites is 1. The first kappa shape index (κ1) is 20.1. The zero-order chi connectivity index (χ0) is 21.1. The molecular formula is C20H23N5O4. The average molecular weight is 397 g/mol. The zero-order valence-corrected chi connectivity index (χ0v) is 16.3. The third-order valence-electron chi connectivity index (χ3n) is 4.76. The van der Waals surface area contributed by atoms with Crippen LogP contribution in [0.5, 0.6) is 0 Å². The van der Waals surface area contributed by atoms with Gasteiger partial charge in [0.1, 0.15) is 5.82 Å². The van der Waals surface area contributed by atoms with Crippen molar-refractivity contribution in [1.82, 2.24) is 14.5 Å². The van der Waals surface area contributed by atoms with Gasteiger partial charge in [-0.05, 0) is 19.4 Å². The molecular weight excluding hydrogens is 374 g/mol. The molecule has 0 spiro atoms. The molecule has 9 heteroatoms. The number of amides is 1.